The topological polar surface area (TPSA) is 37.3 Å². The Hall–Kier alpha value is -1.31. The summed E-state index contributed by atoms with van der Waals surface area (Å²) < 4.78 is 0. The second-order valence-corrected chi connectivity index (χ2v) is 7.82. The number of benzene rings is 1. The van der Waals surface area contributed by atoms with E-state index in [0.717, 1.165) is 18.3 Å². The van der Waals surface area contributed by atoms with Gasteiger partial charge in [-0.2, -0.15) is 0 Å². The van der Waals surface area contributed by atoms with Crippen molar-refractivity contribution < 1.29 is 9.90 Å². The van der Waals surface area contributed by atoms with E-state index in [4.69, 9.17) is 0 Å². The highest BCUT2D eigenvalue weighted by atomic mass is 16.4. The summed E-state index contributed by atoms with van der Waals surface area (Å²) in [5.41, 5.74) is 3.61. The summed E-state index contributed by atoms with van der Waals surface area (Å²) in [7, 11) is 0. The molecule has 2 fully saturated rings. The minimum Gasteiger partial charge on any atom is -0.478 e. The average molecular weight is 298 g/mol. The van der Waals surface area contributed by atoms with Crippen LogP contribution >= 0.6 is 0 Å². The Balaban J connectivity index is 1.45. The number of fused-ring (bicyclic) bond motifs is 2. The molecule has 22 heavy (non-hydrogen) atoms. The van der Waals surface area contributed by atoms with Crippen LogP contribution in [0.5, 0.6) is 0 Å². The van der Waals surface area contributed by atoms with Crippen molar-refractivity contribution in [2.45, 2.75) is 69.6 Å². The van der Waals surface area contributed by atoms with E-state index in [1.54, 1.807) is 6.07 Å². The fraction of sp³-hybridized carbons (Fsp3) is 0.650. The van der Waals surface area contributed by atoms with Crippen molar-refractivity contribution in [2.75, 3.05) is 0 Å². The number of aryl methyl sites for hydroxylation is 1. The van der Waals surface area contributed by atoms with E-state index in [1.807, 2.05) is 6.07 Å². The number of rotatable bonds is 4. The third-order valence-corrected chi connectivity index (χ3v) is 6.61. The molecule has 0 saturated heterocycles. The van der Waals surface area contributed by atoms with Crippen LogP contribution in [0.2, 0.25) is 0 Å². The summed E-state index contributed by atoms with van der Waals surface area (Å²) in [5, 5.41) is 9.25. The van der Waals surface area contributed by atoms with Crippen LogP contribution in [0, 0.1) is 11.8 Å². The number of hydrogen-bond donors (Lipinski definition) is 1. The molecule has 0 bridgehead atoms. The van der Waals surface area contributed by atoms with Gasteiger partial charge in [-0.1, -0.05) is 44.6 Å². The lowest BCUT2D eigenvalue weighted by atomic mass is 9.84. The van der Waals surface area contributed by atoms with Gasteiger partial charge in [-0.05, 0) is 66.2 Å². The van der Waals surface area contributed by atoms with Gasteiger partial charge in [-0.25, -0.2) is 4.79 Å². The quantitative estimate of drug-likeness (QED) is 0.854. The molecule has 1 N–H and O–H groups in total. The molecule has 4 rings (SSSR count). The van der Waals surface area contributed by atoms with Crippen molar-refractivity contribution in [3.05, 3.63) is 34.9 Å². The number of carboxylic acids is 1. The molecular weight excluding hydrogens is 272 g/mol. The molecule has 2 saturated carbocycles. The van der Waals surface area contributed by atoms with Gasteiger partial charge in [0, 0.05) is 0 Å². The molecule has 1 aromatic carbocycles. The molecule has 2 unspecified atom stereocenters. The summed E-state index contributed by atoms with van der Waals surface area (Å²) in [6.45, 7) is 0. The van der Waals surface area contributed by atoms with Gasteiger partial charge in [0.25, 0.3) is 0 Å². The third-order valence-electron chi connectivity index (χ3n) is 6.61. The summed E-state index contributed by atoms with van der Waals surface area (Å²) in [6, 6.07) is 5.81. The Morgan fingerprint density at radius 3 is 2.77 bits per heavy atom. The van der Waals surface area contributed by atoms with E-state index in [2.05, 4.69) is 6.07 Å². The van der Waals surface area contributed by atoms with Crippen molar-refractivity contribution in [2.24, 2.45) is 11.8 Å². The molecule has 1 spiro atoms. The first-order valence-corrected chi connectivity index (χ1v) is 9.06. The van der Waals surface area contributed by atoms with Crippen molar-refractivity contribution in [3.8, 4) is 0 Å². The molecule has 2 atom stereocenters. The van der Waals surface area contributed by atoms with Crippen LogP contribution in [0.1, 0.15) is 79.3 Å². The maximum absolute atomic E-state index is 11.2. The smallest absolute Gasteiger partial charge is 0.335 e. The summed E-state index contributed by atoms with van der Waals surface area (Å²) in [4.78, 5) is 11.2. The zero-order chi connectivity index (χ0) is 15.2. The standard InChI is InChI=1S/C20H26O2/c21-19(22)16-8-7-15-10-11-20(18(15)12-16)13-17(20)9-6-14-4-2-1-3-5-14/h7-8,12,14,17H,1-6,9-11,13H2,(H,21,22). The zero-order valence-electron chi connectivity index (χ0n) is 13.3. The summed E-state index contributed by atoms with van der Waals surface area (Å²) >= 11 is 0. The highest BCUT2D eigenvalue weighted by Crippen LogP contribution is 2.63. The molecule has 2 heteroatoms. The van der Waals surface area contributed by atoms with Gasteiger partial charge in [0.2, 0.25) is 0 Å². The largest absolute Gasteiger partial charge is 0.478 e. The Labute approximate surface area is 132 Å². The minimum absolute atomic E-state index is 0.357. The Morgan fingerprint density at radius 1 is 1.18 bits per heavy atom. The van der Waals surface area contributed by atoms with Crippen molar-refractivity contribution in [1.29, 1.82) is 0 Å². The van der Waals surface area contributed by atoms with E-state index in [1.165, 1.54) is 68.9 Å². The predicted octanol–water partition coefficient (Wildman–Crippen LogP) is 4.95. The van der Waals surface area contributed by atoms with E-state index < -0.39 is 5.97 Å². The highest BCUT2D eigenvalue weighted by Gasteiger charge is 2.57. The lowest BCUT2D eigenvalue weighted by Crippen LogP contribution is -2.10. The van der Waals surface area contributed by atoms with Gasteiger partial charge in [-0.15, -0.1) is 0 Å². The molecule has 2 nitrogen and oxygen atoms in total. The molecule has 3 aliphatic carbocycles. The van der Waals surface area contributed by atoms with Crippen molar-refractivity contribution in [3.63, 3.8) is 0 Å². The maximum atomic E-state index is 11.2. The molecule has 1 aromatic rings. The molecule has 118 valence electrons. The fourth-order valence-corrected chi connectivity index (χ4v) is 5.19. The zero-order valence-corrected chi connectivity index (χ0v) is 13.3. The first kappa shape index (κ1) is 14.3. The highest BCUT2D eigenvalue weighted by molar-refractivity contribution is 5.88. The monoisotopic (exact) mass is 298 g/mol. The van der Waals surface area contributed by atoms with Crippen LogP contribution in [0.3, 0.4) is 0 Å². The molecule has 0 aliphatic heterocycles. The Bertz CT molecular complexity index is 585. The maximum Gasteiger partial charge on any atom is 0.335 e. The van der Waals surface area contributed by atoms with Crippen molar-refractivity contribution in [1.82, 2.24) is 0 Å². The van der Waals surface area contributed by atoms with Crippen LogP contribution in [0.15, 0.2) is 18.2 Å². The van der Waals surface area contributed by atoms with Crippen LogP contribution in [0.25, 0.3) is 0 Å². The summed E-state index contributed by atoms with van der Waals surface area (Å²) in [6.07, 6.45) is 13.7. The van der Waals surface area contributed by atoms with E-state index in [-0.39, 0.29) is 0 Å². The third kappa shape index (κ3) is 2.37. The minimum atomic E-state index is -0.788. The second kappa shape index (κ2) is 5.40. The van der Waals surface area contributed by atoms with Crippen LogP contribution in [-0.2, 0) is 11.8 Å². The lowest BCUT2D eigenvalue weighted by Gasteiger charge is -2.22. The van der Waals surface area contributed by atoms with Gasteiger partial charge in [0.15, 0.2) is 0 Å². The molecule has 3 aliphatic rings. The van der Waals surface area contributed by atoms with Crippen LogP contribution in [-0.4, -0.2) is 11.1 Å². The molecule has 0 radical (unpaired) electrons. The predicted molar refractivity (Wildman–Crippen MR) is 87.3 cm³/mol. The second-order valence-electron chi connectivity index (χ2n) is 7.82. The molecule has 0 heterocycles. The van der Waals surface area contributed by atoms with Gasteiger partial charge in [-0.3, -0.25) is 0 Å². The normalized spacial score (nSPS) is 30.5. The number of carboxylic acid groups (broad SMARTS) is 1. The van der Waals surface area contributed by atoms with Crippen LogP contribution < -0.4 is 0 Å². The number of hydrogen-bond acceptors (Lipinski definition) is 1. The van der Waals surface area contributed by atoms with Crippen LogP contribution in [0.4, 0.5) is 0 Å². The molecule has 0 amide bonds. The van der Waals surface area contributed by atoms with Gasteiger partial charge >= 0.3 is 5.97 Å². The first-order valence-electron chi connectivity index (χ1n) is 9.06. The lowest BCUT2D eigenvalue weighted by molar-refractivity contribution is 0.0696. The number of carbonyl (C=O) groups is 1. The number of aromatic carboxylic acids is 1. The SMILES string of the molecule is O=C(O)c1ccc2c(c1)C1(CC2)CC1CCC1CCCCC1. The van der Waals surface area contributed by atoms with Crippen molar-refractivity contribution >= 4 is 5.97 Å². The average Bonchev–Trinajstić information content (AvgIpc) is 3.13. The molecule has 0 aromatic heterocycles. The van der Waals surface area contributed by atoms with Gasteiger partial charge in [0.1, 0.15) is 0 Å². The van der Waals surface area contributed by atoms with Gasteiger partial charge < -0.3 is 5.11 Å². The fourth-order valence-electron chi connectivity index (χ4n) is 5.19. The van der Waals surface area contributed by atoms with E-state index in [9.17, 15) is 9.90 Å². The Kier molecular flexibility index (Phi) is 3.51. The first-order chi connectivity index (χ1) is 10.7. The van der Waals surface area contributed by atoms with Gasteiger partial charge in [0.05, 0.1) is 5.56 Å². The van der Waals surface area contributed by atoms with E-state index in [0.29, 0.717) is 11.0 Å². The van der Waals surface area contributed by atoms with E-state index >= 15 is 0 Å². The Morgan fingerprint density at radius 2 is 2.00 bits per heavy atom. The molecular formula is C20H26O2. The summed E-state index contributed by atoms with van der Waals surface area (Å²) in [5.74, 6) is 1.00.